The van der Waals surface area contributed by atoms with E-state index in [1.807, 2.05) is 69.1 Å². The van der Waals surface area contributed by atoms with Crippen LogP contribution >= 0.6 is 0 Å². The van der Waals surface area contributed by atoms with Gasteiger partial charge in [-0.05, 0) is 57.0 Å². The lowest BCUT2D eigenvalue weighted by atomic mass is 10.1. The first-order valence-corrected chi connectivity index (χ1v) is 11.5. The van der Waals surface area contributed by atoms with Crippen LogP contribution in [0.1, 0.15) is 51.8 Å². The van der Waals surface area contributed by atoms with E-state index in [2.05, 4.69) is 10.6 Å². The molecule has 0 unspecified atom stereocenters. The molecule has 0 atom stereocenters. The molecule has 0 aliphatic carbocycles. The number of ether oxygens (including phenoxy) is 2. The Bertz CT molecular complexity index is 901. The summed E-state index contributed by atoms with van der Waals surface area (Å²) in [5.41, 5.74) is 1.77. The lowest BCUT2D eigenvalue weighted by Gasteiger charge is -2.37. The standard InChI is InChI=1S/C26H39N3O4/c1-7-24(30)28(15-10-16-32-5)20-25(31)29(26(2,3)4)19-22-12-9-14-27(22)18-21-11-8-13-23(17-21)33-6/h8-9,11-14,17H,7,10,15-16,18-20H2,1-6H3. The molecule has 0 radical (unpaired) electrons. The van der Waals surface area contributed by atoms with Crippen molar-refractivity contribution in [3.05, 3.63) is 53.9 Å². The van der Waals surface area contributed by atoms with Crippen LogP contribution in [0.2, 0.25) is 0 Å². The topological polar surface area (TPSA) is 64.0 Å². The van der Waals surface area contributed by atoms with Gasteiger partial charge in [0.25, 0.3) is 0 Å². The van der Waals surface area contributed by atoms with Crippen LogP contribution in [-0.4, -0.2) is 65.6 Å². The van der Waals surface area contributed by atoms with Crippen LogP contribution in [0, 0.1) is 0 Å². The first-order chi connectivity index (χ1) is 15.7. The molecule has 0 N–H and O–H groups in total. The van der Waals surface area contributed by atoms with Gasteiger partial charge in [0.05, 0.1) is 20.2 Å². The predicted octanol–water partition coefficient (Wildman–Crippen LogP) is 3.95. The maximum absolute atomic E-state index is 13.4. The fraction of sp³-hybridized carbons (Fsp3) is 0.538. The van der Waals surface area contributed by atoms with Crippen molar-refractivity contribution in [2.75, 3.05) is 33.9 Å². The van der Waals surface area contributed by atoms with Crippen molar-refractivity contribution in [2.24, 2.45) is 0 Å². The van der Waals surface area contributed by atoms with Gasteiger partial charge in [0.1, 0.15) is 5.75 Å². The second-order valence-electron chi connectivity index (χ2n) is 9.14. The molecule has 0 aliphatic rings. The molecule has 0 fully saturated rings. The number of nitrogens with zero attached hydrogens (tertiary/aromatic N) is 3. The van der Waals surface area contributed by atoms with Crippen LogP contribution in [0.15, 0.2) is 42.6 Å². The van der Waals surface area contributed by atoms with Crippen molar-refractivity contribution in [3.8, 4) is 5.75 Å². The number of aromatic nitrogens is 1. The highest BCUT2D eigenvalue weighted by atomic mass is 16.5. The zero-order valence-corrected chi connectivity index (χ0v) is 21.0. The van der Waals surface area contributed by atoms with Crippen molar-refractivity contribution >= 4 is 11.8 Å². The van der Waals surface area contributed by atoms with Crippen molar-refractivity contribution in [1.29, 1.82) is 0 Å². The third kappa shape index (κ3) is 7.93. The van der Waals surface area contributed by atoms with E-state index in [-0.39, 0.29) is 18.4 Å². The Kier molecular flexibility index (Phi) is 9.97. The zero-order chi connectivity index (χ0) is 24.4. The van der Waals surface area contributed by atoms with E-state index in [4.69, 9.17) is 9.47 Å². The zero-order valence-electron chi connectivity index (χ0n) is 21.0. The lowest BCUT2D eigenvalue weighted by molar-refractivity contribution is -0.144. The minimum absolute atomic E-state index is 0.0188. The molecular weight excluding hydrogens is 418 g/mol. The maximum Gasteiger partial charge on any atom is 0.242 e. The van der Waals surface area contributed by atoms with Crippen LogP contribution in [-0.2, 0) is 27.4 Å². The van der Waals surface area contributed by atoms with E-state index in [1.165, 1.54) is 0 Å². The number of hydrogen-bond acceptors (Lipinski definition) is 4. The largest absolute Gasteiger partial charge is 0.497 e. The summed E-state index contributed by atoms with van der Waals surface area (Å²) in [6.07, 6.45) is 3.10. The molecule has 0 bridgehead atoms. The van der Waals surface area contributed by atoms with E-state index >= 15 is 0 Å². The highest BCUT2D eigenvalue weighted by molar-refractivity contribution is 5.85. The molecule has 7 nitrogen and oxygen atoms in total. The Morgan fingerprint density at radius 2 is 1.82 bits per heavy atom. The number of amides is 2. The molecule has 1 aromatic heterocycles. The van der Waals surface area contributed by atoms with Crippen LogP contribution in [0.25, 0.3) is 0 Å². The third-order valence-electron chi connectivity index (χ3n) is 5.60. The summed E-state index contributed by atoms with van der Waals surface area (Å²) < 4.78 is 12.6. The Balaban J connectivity index is 2.18. The van der Waals surface area contributed by atoms with Gasteiger partial charge in [0, 0.05) is 50.7 Å². The summed E-state index contributed by atoms with van der Waals surface area (Å²) in [6, 6.07) is 12.0. The van der Waals surface area contributed by atoms with E-state index in [9.17, 15) is 9.59 Å². The molecule has 2 aromatic rings. The summed E-state index contributed by atoms with van der Waals surface area (Å²) in [4.78, 5) is 29.4. The Morgan fingerprint density at radius 1 is 1.06 bits per heavy atom. The smallest absolute Gasteiger partial charge is 0.242 e. The van der Waals surface area contributed by atoms with Gasteiger partial charge in [0.2, 0.25) is 11.8 Å². The molecule has 0 saturated carbocycles. The highest BCUT2D eigenvalue weighted by Gasteiger charge is 2.29. The average Bonchev–Trinajstić information content (AvgIpc) is 3.22. The number of methoxy groups -OCH3 is 2. The first kappa shape index (κ1) is 26.5. The number of carbonyl (C=O) groups is 2. The van der Waals surface area contributed by atoms with E-state index < -0.39 is 5.54 Å². The summed E-state index contributed by atoms with van der Waals surface area (Å²) in [5, 5.41) is 0. The molecule has 2 amide bonds. The van der Waals surface area contributed by atoms with E-state index in [0.29, 0.717) is 39.1 Å². The number of hydrogen-bond donors (Lipinski definition) is 0. The predicted molar refractivity (Wildman–Crippen MR) is 130 cm³/mol. The molecule has 7 heteroatoms. The molecule has 1 heterocycles. The van der Waals surface area contributed by atoms with Crippen LogP contribution in [0.3, 0.4) is 0 Å². The molecule has 0 aliphatic heterocycles. The summed E-state index contributed by atoms with van der Waals surface area (Å²) in [7, 11) is 3.30. The Labute approximate surface area is 198 Å². The number of rotatable bonds is 12. The molecule has 1 aromatic carbocycles. The highest BCUT2D eigenvalue weighted by Crippen LogP contribution is 2.20. The second kappa shape index (κ2) is 12.4. The third-order valence-corrected chi connectivity index (χ3v) is 5.60. The fourth-order valence-electron chi connectivity index (χ4n) is 3.74. The molecule has 2 rings (SSSR count). The van der Waals surface area contributed by atoms with Gasteiger partial charge in [-0.25, -0.2) is 0 Å². The molecular formula is C26H39N3O4. The Hall–Kier alpha value is -2.80. The van der Waals surface area contributed by atoms with Gasteiger partial charge >= 0.3 is 0 Å². The van der Waals surface area contributed by atoms with E-state index in [1.54, 1.807) is 19.1 Å². The van der Waals surface area contributed by atoms with Gasteiger partial charge in [-0.3, -0.25) is 9.59 Å². The monoisotopic (exact) mass is 457 g/mol. The Morgan fingerprint density at radius 3 is 2.45 bits per heavy atom. The van der Waals surface area contributed by atoms with Gasteiger partial charge in [-0.1, -0.05) is 19.1 Å². The van der Waals surface area contributed by atoms with Gasteiger partial charge in [0.15, 0.2) is 0 Å². The van der Waals surface area contributed by atoms with Crippen molar-refractivity contribution < 1.29 is 19.1 Å². The lowest BCUT2D eigenvalue weighted by Crippen LogP contribution is -2.50. The second-order valence-corrected chi connectivity index (χ2v) is 9.14. The van der Waals surface area contributed by atoms with Gasteiger partial charge < -0.3 is 23.8 Å². The quantitative estimate of drug-likeness (QED) is 0.453. The molecule has 0 saturated heterocycles. The SMILES string of the molecule is CCC(=O)N(CCCOC)CC(=O)N(Cc1cccn1Cc1cccc(OC)c1)C(C)(C)C. The molecule has 33 heavy (non-hydrogen) atoms. The number of carbonyl (C=O) groups excluding carboxylic acids is 2. The van der Waals surface area contributed by atoms with Crippen molar-refractivity contribution in [3.63, 3.8) is 0 Å². The van der Waals surface area contributed by atoms with Gasteiger partial charge in [-0.15, -0.1) is 0 Å². The minimum Gasteiger partial charge on any atom is -0.497 e. The van der Waals surface area contributed by atoms with Gasteiger partial charge in [-0.2, -0.15) is 0 Å². The summed E-state index contributed by atoms with van der Waals surface area (Å²) in [5.74, 6) is 0.743. The molecule has 0 spiro atoms. The minimum atomic E-state index is -0.393. The average molecular weight is 458 g/mol. The van der Waals surface area contributed by atoms with Crippen molar-refractivity contribution in [2.45, 2.75) is 59.2 Å². The van der Waals surface area contributed by atoms with Crippen LogP contribution in [0.5, 0.6) is 5.75 Å². The fourth-order valence-corrected chi connectivity index (χ4v) is 3.74. The summed E-state index contributed by atoms with van der Waals surface area (Å²) in [6.45, 7) is 10.2. The number of benzene rings is 1. The maximum atomic E-state index is 13.4. The first-order valence-electron chi connectivity index (χ1n) is 11.5. The van der Waals surface area contributed by atoms with E-state index in [0.717, 1.165) is 17.0 Å². The molecule has 182 valence electrons. The normalized spacial score (nSPS) is 11.3. The van der Waals surface area contributed by atoms with Crippen LogP contribution < -0.4 is 4.74 Å². The van der Waals surface area contributed by atoms with Crippen LogP contribution in [0.4, 0.5) is 0 Å². The van der Waals surface area contributed by atoms with Crippen molar-refractivity contribution in [1.82, 2.24) is 14.4 Å². The summed E-state index contributed by atoms with van der Waals surface area (Å²) >= 11 is 0.